The van der Waals surface area contributed by atoms with Gasteiger partial charge >= 0.3 is 5.97 Å². The fourth-order valence-corrected chi connectivity index (χ4v) is 2.12. The van der Waals surface area contributed by atoms with Crippen LogP contribution in [0.4, 0.5) is 0 Å². The molecule has 1 aromatic carbocycles. The number of halogens is 2. The summed E-state index contributed by atoms with van der Waals surface area (Å²) in [5, 5.41) is 4.89. The molecule has 0 N–H and O–H groups in total. The Morgan fingerprint density at radius 1 is 1.30 bits per heavy atom. The SMILES string of the molecule is CC(=O)OC(=C(C)n1cncn1)c1ccc(Cl)cc1Cl. The van der Waals surface area contributed by atoms with Gasteiger partial charge in [-0.1, -0.05) is 23.2 Å². The molecule has 1 heterocycles. The van der Waals surface area contributed by atoms with Crippen molar-refractivity contribution in [2.24, 2.45) is 0 Å². The molecule has 20 heavy (non-hydrogen) atoms. The molecule has 0 aliphatic heterocycles. The predicted octanol–water partition coefficient (Wildman–Crippen LogP) is 3.49. The third kappa shape index (κ3) is 3.18. The van der Waals surface area contributed by atoms with E-state index in [9.17, 15) is 4.79 Å². The Kier molecular flexibility index (Phi) is 4.42. The number of benzene rings is 1. The van der Waals surface area contributed by atoms with Gasteiger partial charge in [-0.2, -0.15) is 5.10 Å². The van der Waals surface area contributed by atoms with Crippen molar-refractivity contribution in [2.75, 3.05) is 0 Å². The van der Waals surface area contributed by atoms with Crippen molar-refractivity contribution in [3.05, 3.63) is 46.5 Å². The molecular formula is C13H11Cl2N3O2. The lowest BCUT2D eigenvalue weighted by molar-refractivity contribution is -0.134. The number of nitrogens with zero attached hydrogens (tertiary/aromatic N) is 3. The van der Waals surface area contributed by atoms with Crippen LogP contribution in [0.1, 0.15) is 19.4 Å². The van der Waals surface area contributed by atoms with Gasteiger partial charge in [0.15, 0.2) is 5.76 Å². The standard InChI is InChI=1S/C13H11Cl2N3O2/c1-8(18-7-16-6-17-18)13(20-9(2)19)11-4-3-10(14)5-12(11)15/h3-7H,1-2H3. The summed E-state index contributed by atoms with van der Waals surface area (Å²) in [6.07, 6.45) is 2.89. The quantitative estimate of drug-likeness (QED) is 0.643. The summed E-state index contributed by atoms with van der Waals surface area (Å²) in [5.74, 6) is -0.143. The van der Waals surface area contributed by atoms with Gasteiger partial charge in [0.05, 0.1) is 10.7 Å². The highest BCUT2D eigenvalue weighted by Gasteiger charge is 2.16. The molecule has 0 fully saturated rings. The van der Waals surface area contributed by atoms with Gasteiger partial charge < -0.3 is 4.74 Å². The van der Waals surface area contributed by atoms with E-state index in [0.29, 0.717) is 27.1 Å². The summed E-state index contributed by atoms with van der Waals surface area (Å²) in [6.45, 7) is 3.07. The molecule has 0 bridgehead atoms. The third-order valence-electron chi connectivity index (χ3n) is 2.51. The number of esters is 1. The number of allylic oxidation sites excluding steroid dienone is 1. The van der Waals surface area contributed by atoms with Crippen LogP contribution in [-0.4, -0.2) is 20.7 Å². The van der Waals surface area contributed by atoms with E-state index in [2.05, 4.69) is 10.1 Å². The topological polar surface area (TPSA) is 57.0 Å². The zero-order valence-electron chi connectivity index (χ0n) is 10.8. The number of aromatic nitrogens is 3. The van der Waals surface area contributed by atoms with Crippen molar-refractivity contribution >= 4 is 40.6 Å². The van der Waals surface area contributed by atoms with Crippen molar-refractivity contribution in [2.45, 2.75) is 13.8 Å². The number of carbonyl (C=O) groups is 1. The fourth-order valence-electron chi connectivity index (χ4n) is 1.63. The second kappa shape index (κ2) is 6.07. The zero-order chi connectivity index (χ0) is 14.7. The molecule has 2 aromatic rings. The average Bonchev–Trinajstić information content (AvgIpc) is 2.89. The molecule has 7 heteroatoms. The second-order valence-corrected chi connectivity index (χ2v) is 4.82. The maximum absolute atomic E-state index is 11.3. The largest absolute Gasteiger partial charge is 0.424 e. The fraction of sp³-hybridized carbons (Fsp3) is 0.154. The summed E-state index contributed by atoms with van der Waals surface area (Å²) < 4.78 is 6.76. The van der Waals surface area contributed by atoms with E-state index in [-0.39, 0.29) is 0 Å². The minimum Gasteiger partial charge on any atom is -0.424 e. The van der Waals surface area contributed by atoms with Gasteiger partial charge in [-0.25, -0.2) is 9.67 Å². The number of ether oxygens (including phenoxy) is 1. The smallest absolute Gasteiger partial charge is 0.308 e. The van der Waals surface area contributed by atoms with E-state index in [1.54, 1.807) is 25.1 Å². The Bertz CT molecular complexity index is 666. The average molecular weight is 312 g/mol. The van der Waals surface area contributed by atoms with Gasteiger partial charge in [-0.05, 0) is 25.1 Å². The maximum atomic E-state index is 11.3. The summed E-state index contributed by atoms with van der Waals surface area (Å²) >= 11 is 12.0. The monoisotopic (exact) mass is 311 g/mol. The van der Waals surface area contributed by atoms with Crippen LogP contribution >= 0.6 is 23.2 Å². The van der Waals surface area contributed by atoms with Crippen LogP contribution < -0.4 is 0 Å². The van der Waals surface area contributed by atoms with Crippen LogP contribution in [-0.2, 0) is 9.53 Å². The van der Waals surface area contributed by atoms with E-state index >= 15 is 0 Å². The second-order valence-electron chi connectivity index (χ2n) is 3.97. The van der Waals surface area contributed by atoms with Crippen molar-refractivity contribution in [1.82, 2.24) is 14.8 Å². The highest BCUT2D eigenvalue weighted by Crippen LogP contribution is 2.31. The van der Waals surface area contributed by atoms with E-state index in [4.69, 9.17) is 27.9 Å². The van der Waals surface area contributed by atoms with Crippen LogP contribution in [0.5, 0.6) is 0 Å². The summed E-state index contributed by atoms with van der Waals surface area (Å²) in [6, 6.07) is 4.93. The van der Waals surface area contributed by atoms with E-state index < -0.39 is 5.97 Å². The minimum absolute atomic E-state index is 0.310. The van der Waals surface area contributed by atoms with Crippen molar-refractivity contribution < 1.29 is 9.53 Å². The molecule has 2 rings (SSSR count). The van der Waals surface area contributed by atoms with Gasteiger partial charge in [0.2, 0.25) is 0 Å². The van der Waals surface area contributed by atoms with Gasteiger partial charge in [-0.15, -0.1) is 0 Å². The Morgan fingerprint density at radius 3 is 2.60 bits per heavy atom. The van der Waals surface area contributed by atoms with Crippen LogP contribution in [0.25, 0.3) is 11.5 Å². The molecule has 0 aliphatic carbocycles. The predicted molar refractivity (Wildman–Crippen MR) is 77.0 cm³/mol. The van der Waals surface area contributed by atoms with Crippen LogP contribution in [0, 0.1) is 0 Å². The summed E-state index contributed by atoms with van der Waals surface area (Å²) in [4.78, 5) is 15.2. The molecule has 0 saturated heterocycles. The Hall–Kier alpha value is -1.85. The van der Waals surface area contributed by atoms with Gasteiger partial charge in [0, 0.05) is 17.5 Å². The first kappa shape index (κ1) is 14.6. The lowest BCUT2D eigenvalue weighted by Gasteiger charge is -2.13. The van der Waals surface area contributed by atoms with Gasteiger partial charge in [-0.3, -0.25) is 4.79 Å². The number of hydrogen-bond acceptors (Lipinski definition) is 4. The Labute approximate surface area is 125 Å². The first-order valence-corrected chi connectivity index (χ1v) is 6.44. The first-order chi connectivity index (χ1) is 9.49. The minimum atomic E-state index is -0.453. The molecule has 0 atom stereocenters. The Balaban J connectivity index is 2.58. The third-order valence-corrected chi connectivity index (χ3v) is 3.06. The lowest BCUT2D eigenvalue weighted by Crippen LogP contribution is -2.05. The van der Waals surface area contributed by atoms with Crippen LogP contribution in [0.3, 0.4) is 0 Å². The molecule has 104 valence electrons. The molecule has 0 amide bonds. The molecule has 0 saturated carbocycles. The number of rotatable bonds is 3. The van der Waals surface area contributed by atoms with Gasteiger partial charge in [0.1, 0.15) is 12.7 Å². The van der Waals surface area contributed by atoms with Gasteiger partial charge in [0.25, 0.3) is 0 Å². The summed E-state index contributed by atoms with van der Waals surface area (Å²) in [7, 11) is 0. The normalized spacial score (nSPS) is 12.0. The lowest BCUT2D eigenvalue weighted by atomic mass is 10.1. The van der Waals surface area contributed by atoms with E-state index in [1.807, 2.05) is 0 Å². The maximum Gasteiger partial charge on any atom is 0.308 e. The molecule has 0 aliphatic rings. The molecule has 0 spiro atoms. The number of hydrogen-bond donors (Lipinski definition) is 0. The van der Waals surface area contributed by atoms with E-state index in [0.717, 1.165) is 0 Å². The molecule has 0 unspecified atom stereocenters. The zero-order valence-corrected chi connectivity index (χ0v) is 12.3. The highest BCUT2D eigenvalue weighted by molar-refractivity contribution is 6.35. The van der Waals surface area contributed by atoms with Crippen molar-refractivity contribution in [3.8, 4) is 0 Å². The van der Waals surface area contributed by atoms with E-state index in [1.165, 1.54) is 24.3 Å². The molecular weight excluding hydrogens is 301 g/mol. The molecule has 0 radical (unpaired) electrons. The number of carbonyl (C=O) groups excluding carboxylic acids is 1. The Morgan fingerprint density at radius 2 is 2.05 bits per heavy atom. The van der Waals surface area contributed by atoms with Crippen LogP contribution in [0.2, 0.25) is 10.0 Å². The first-order valence-electron chi connectivity index (χ1n) is 5.68. The summed E-state index contributed by atoms with van der Waals surface area (Å²) in [5.41, 5.74) is 1.14. The molecule has 1 aromatic heterocycles. The van der Waals surface area contributed by atoms with Crippen LogP contribution in [0.15, 0.2) is 30.9 Å². The van der Waals surface area contributed by atoms with Crippen molar-refractivity contribution in [3.63, 3.8) is 0 Å². The molecule has 5 nitrogen and oxygen atoms in total. The van der Waals surface area contributed by atoms with Crippen molar-refractivity contribution in [1.29, 1.82) is 0 Å². The highest BCUT2D eigenvalue weighted by atomic mass is 35.5.